The minimum atomic E-state index is -0.977. The normalized spacial score (nSPS) is 16.5. The summed E-state index contributed by atoms with van der Waals surface area (Å²) in [5, 5.41) is 24.1. The molecule has 2 heterocycles. The maximum Gasteiger partial charge on any atom is 0.314 e. The SMILES string of the molecule is Cc1cc(Cl)c2cc(C(=O)N[C@H](CO)c3ccc(C4(C(=O)O)CCOCC4)cc3)n(C)c2c1. The van der Waals surface area contributed by atoms with E-state index in [0.29, 0.717) is 47.9 Å². The number of carboxylic acids is 1. The van der Waals surface area contributed by atoms with Crippen molar-refractivity contribution in [3.8, 4) is 0 Å². The van der Waals surface area contributed by atoms with Crippen LogP contribution < -0.4 is 5.32 Å². The summed E-state index contributed by atoms with van der Waals surface area (Å²) >= 11 is 6.36. The van der Waals surface area contributed by atoms with Gasteiger partial charge in [0.25, 0.3) is 5.91 Å². The van der Waals surface area contributed by atoms with Crippen molar-refractivity contribution in [3.63, 3.8) is 0 Å². The van der Waals surface area contributed by atoms with Crippen molar-refractivity contribution in [2.24, 2.45) is 7.05 Å². The number of nitrogens with one attached hydrogen (secondary N) is 1. The molecular formula is C25H27ClN2O5. The van der Waals surface area contributed by atoms with Crippen LogP contribution in [0.5, 0.6) is 0 Å². The van der Waals surface area contributed by atoms with Gasteiger partial charge in [0.1, 0.15) is 5.69 Å². The van der Waals surface area contributed by atoms with Crippen LogP contribution in [0.1, 0.15) is 46.1 Å². The molecule has 0 saturated carbocycles. The largest absolute Gasteiger partial charge is 0.481 e. The number of ether oxygens (including phenoxy) is 1. The summed E-state index contributed by atoms with van der Waals surface area (Å²) < 4.78 is 7.13. The zero-order valence-corrected chi connectivity index (χ0v) is 19.4. The fourth-order valence-corrected chi connectivity index (χ4v) is 4.91. The molecule has 3 aromatic rings. The fraction of sp³-hybridized carbons (Fsp3) is 0.360. The van der Waals surface area contributed by atoms with Crippen molar-refractivity contribution >= 4 is 34.4 Å². The average molecular weight is 471 g/mol. The van der Waals surface area contributed by atoms with E-state index in [9.17, 15) is 19.8 Å². The number of aliphatic carboxylic acids is 1. The number of aromatic nitrogens is 1. The summed E-state index contributed by atoms with van der Waals surface area (Å²) in [7, 11) is 1.80. The average Bonchev–Trinajstić information content (AvgIpc) is 3.14. The summed E-state index contributed by atoms with van der Waals surface area (Å²) in [5.74, 6) is -1.20. The highest BCUT2D eigenvalue weighted by Gasteiger charge is 2.41. The van der Waals surface area contributed by atoms with Gasteiger partial charge in [-0.2, -0.15) is 0 Å². The van der Waals surface area contributed by atoms with E-state index in [2.05, 4.69) is 5.32 Å². The Morgan fingerprint density at radius 1 is 1.18 bits per heavy atom. The molecule has 8 heteroatoms. The molecule has 4 rings (SSSR count). The van der Waals surface area contributed by atoms with Gasteiger partial charge in [0.05, 0.1) is 28.6 Å². The van der Waals surface area contributed by atoms with Crippen LogP contribution in [-0.2, 0) is 22.0 Å². The van der Waals surface area contributed by atoms with Crippen molar-refractivity contribution in [1.29, 1.82) is 0 Å². The number of nitrogens with zero attached hydrogens (tertiary/aromatic N) is 1. The Labute approximate surface area is 196 Å². The number of halogens is 1. The smallest absolute Gasteiger partial charge is 0.314 e. The number of carboxylic acid groups (broad SMARTS) is 1. The molecule has 7 nitrogen and oxygen atoms in total. The molecule has 1 atom stereocenters. The lowest BCUT2D eigenvalue weighted by atomic mass is 9.74. The molecule has 1 saturated heterocycles. The van der Waals surface area contributed by atoms with Gasteiger partial charge in [-0.15, -0.1) is 0 Å². The first-order valence-electron chi connectivity index (χ1n) is 10.9. The number of rotatable bonds is 6. The van der Waals surface area contributed by atoms with Crippen molar-refractivity contribution in [3.05, 3.63) is 69.9 Å². The Balaban J connectivity index is 1.58. The van der Waals surface area contributed by atoms with Gasteiger partial charge >= 0.3 is 5.97 Å². The van der Waals surface area contributed by atoms with Crippen LogP contribution in [0.15, 0.2) is 42.5 Å². The highest BCUT2D eigenvalue weighted by Crippen LogP contribution is 2.36. The minimum Gasteiger partial charge on any atom is -0.481 e. The van der Waals surface area contributed by atoms with Crippen LogP contribution in [0.4, 0.5) is 0 Å². The third-order valence-corrected chi connectivity index (χ3v) is 6.91. The molecule has 1 aliphatic heterocycles. The van der Waals surface area contributed by atoms with Crippen molar-refractivity contribution in [1.82, 2.24) is 9.88 Å². The van der Waals surface area contributed by atoms with Crippen molar-refractivity contribution < 1.29 is 24.5 Å². The Bertz CT molecular complexity index is 1200. The first-order chi connectivity index (χ1) is 15.8. The topological polar surface area (TPSA) is 101 Å². The number of carbonyl (C=O) groups is 2. The predicted octanol–water partition coefficient (Wildman–Crippen LogP) is 3.74. The molecular weight excluding hydrogens is 444 g/mol. The summed E-state index contributed by atoms with van der Waals surface area (Å²) in [6, 6.07) is 12.0. The summed E-state index contributed by atoms with van der Waals surface area (Å²) in [4.78, 5) is 25.1. The van der Waals surface area contributed by atoms with E-state index in [1.165, 1.54) is 0 Å². The Kier molecular flexibility index (Phi) is 6.47. The second-order valence-electron chi connectivity index (χ2n) is 8.60. The van der Waals surface area contributed by atoms with E-state index in [4.69, 9.17) is 16.3 Å². The fourth-order valence-electron chi connectivity index (χ4n) is 4.58. The van der Waals surface area contributed by atoms with Gasteiger partial charge < -0.3 is 24.8 Å². The van der Waals surface area contributed by atoms with Crippen molar-refractivity contribution in [2.75, 3.05) is 19.8 Å². The van der Waals surface area contributed by atoms with Gasteiger partial charge in [0, 0.05) is 25.6 Å². The number of aliphatic hydroxyl groups excluding tert-OH is 1. The van der Waals surface area contributed by atoms with Crippen LogP contribution in [-0.4, -0.2) is 46.5 Å². The standard InChI is InChI=1S/C25H27ClN2O5/c1-15-11-19(26)18-13-22(28(2)21(18)12-15)23(30)27-20(14-29)16-3-5-17(6-4-16)25(24(31)32)7-9-33-10-8-25/h3-6,11-13,20,29H,7-10,14H2,1-2H3,(H,27,30)(H,31,32)/t20-/m1/s1. The van der Waals surface area contributed by atoms with Gasteiger partial charge in [-0.25, -0.2) is 0 Å². The lowest BCUT2D eigenvalue weighted by molar-refractivity contribution is -0.147. The Hall–Kier alpha value is -2.87. The molecule has 1 amide bonds. The van der Waals surface area contributed by atoms with Crippen LogP contribution in [0, 0.1) is 6.92 Å². The molecule has 0 radical (unpaired) electrons. The third kappa shape index (κ3) is 4.24. The van der Waals surface area contributed by atoms with Crippen LogP contribution in [0.3, 0.4) is 0 Å². The van der Waals surface area contributed by atoms with Crippen molar-refractivity contribution in [2.45, 2.75) is 31.2 Å². The molecule has 0 spiro atoms. The Morgan fingerprint density at radius 2 is 1.85 bits per heavy atom. The molecule has 174 valence electrons. The van der Waals surface area contributed by atoms with Crippen LogP contribution in [0.2, 0.25) is 5.02 Å². The van der Waals surface area contributed by atoms with E-state index in [0.717, 1.165) is 16.5 Å². The number of carbonyl (C=O) groups excluding carboxylic acids is 1. The maximum absolute atomic E-state index is 13.1. The van der Waals surface area contributed by atoms with E-state index < -0.39 is 17.4 Å². The zero-order chi connectivity index (χ0) is 23.8. The summed E-state index contributed by atoms with van der Waals surface area (Å²) in [6.45, 7) is 2.45. The highest BCUT2D eigenvalue weighted by molar-refractivity contribution is 6.35. The lowest BCUT2D eigenvalue weighted by Gasteiger charge is -2.33. The minimum absolute atomic E-state index is 0.299. The zero-order valence-electron chi connectivity index (χ0n) is 18.6. The number of fused-ring (bicyclic) bond motifs is 1. The molecule has 1 fully saturated rings. The number of hydrogen-bond donors (Lipinski definition) is 3. The second kappa shape index (κ2) is 9.17. The third-order valence-electron chi connectivity index (χ3n) is 6.60. The van der Waals surface area contributed by atoms with Crippen LogP contribution in [0.25, 0.3) is 10.9 Å². The molecule has 1 aromatic heterocycles. The van der Waals surface area contributed by atoms with E-state index in [-0.39, 0.29) is 12.5 Å². The molecule has 0 bridgehead atoms. The number of benzene rings is 2. The molecule has 0 aliphatic carbocycles. The Morgan fingerprint density at radius 3 is 2.45 bits per heavy atom. The second-order valence-corrected chi connectivity index (χ2v) is 9.01. The van der Waals surface area contributed by atoms with Gasteiger partial charge in [-0.05, 0) is 54.7 Å². The lowest BCUT2D eigenvalue weighted by Crippen LogP contribution is -2.41. The summed E-state index contributed by atoms with van der Waals surface area (Å²) in [6.07, 6.45) is 0.815. The molecule has 2 aromatic carbocycles. The van der Waals surface area contributed by atoms with E-state index in [1.807, 2.05) is 19.1 Å². The van der Waals surface area contributed by atoms with E-state index >= 15 is 0 Å². The number of hydrogen-bond acceptors (Lipinski definition) is 4. The first kappa shape index (κ1) is 23.3. The number of amides is 1. The van der Waals surface area contributed by atoms with E-state index in [1.54, 1.807) is 41.9 Å². The highest BCUT2D eigenvalue weighted by atomic mass is 35.5. The van der Waals surface area contributed by atoms with Gasteiger partial charge in [-0.1, -0.05) is 35.9 Å². The molecule has 33 heavy (non-hydrogen) atoms. The first-order valence-corrected chi connectivity index (χ1v) is 11.2. The molecule has 0 unspecified atom stereocenters. The number of aryl methyl sites for hydroxylation is 2. The molecule has 1 aliphatic rings. The van der Waals surface area contributed by atoms with Crippen LogP contribution >= 0.6 is 11.6 Å². The van der Waals surface area contributed by atoms with Gasteiger partial charge in [0.2, 0.25) is 0 Å². The monoisotopic (exact) mass is 470 g/mol. The summed E-state index contributed by atoms with van der Waals surface area (Å²) in [5.41, 5.74) is 2.69. The maximum atomic E-state index is 13.1. The van der Waals surface area contributed by atoms with Gasteiger partial charge in [-0.3, -0.25) is 9.59 Å². The quantitative estimate of drug-likeness (QED) is 0.509. The van der Waals surface area contributed by atoms with Gasteiger partial charge in [0.15, 0.2) is 0 Å². The number of aliphatic hydroxyl groups is 1. The predicted molar refractivity (Wildman–Crippen MR) is 126 cm³/mol. The molecule has 3 N–H and O–H groups in total.